The number of para-hydroxylation sites is 1. The van der Waals surface area contributed by atoms with Crippen molar-refractivity contribution in [1.82, 2.24) is 4.31 Å². The van der Waals surface area contributed by atoms with Gasteiger partial charge in [0, 0.05) is 23.0 Å². The van der Waals surface area contributed by atoms with E-state index < -0.39 is 10.0 Å². The van der Waals surface area contributed by atoms with Crippen LogP contribution in [0, 0.1) is 5.92 Å². The van der Waals surface area contributed by atoms with Crippen molar-refractivity contribution in [2.75, 3.05) is 24.7 Å². The Morgan fingerprint density at radius 2 is 1.93 bits per heavy atom. The van der Waals surface area contributed by atoms with E-state index in [1.807, 2.05) is 30.5 Å². The smallest absolute Gasteiger partial charge is 0.228 e. The van der Waals surface area contributed by atoms with Crippen molar-refractivity contribution in [2.45, 2.75) is 23.5 Å². The molecule has 0 bridgehead atoms. The van der Waals surface area contributed by atoms with Crippen LogP contribution < -0.4 is 5.32 Å². The first-order valence-corrected chi connectivity index (χ1v) is 12.3. The highest BCUT2D eigenvalue weighted by Crippen LogP contribution is 2.27. The summed E-state index contributed by atoms with van der Waals surface area (Å²) in [5.41, 5.74) is 1.45. The Labute approximate surface area is 175 Å². The molecule has 0 aromatic heterocycles. The third-order valence-electron chi connectivity index (χ3n) is 4.78. The summed E-state index contributed by atoms with van der Waals surface area (Å²) in [5, 5.41) is 3.53. The first-order chi connectivity index (χ1) is 13.4. The Balaban J connectivity index is 1.67. The van der Waals surface area contributed by atoms with Crippen LogP contribution in [-0.2, 0) is 20.6 Å². The summed E-state index contributed by atoms with van der Waals surface area (Å²) in [6, 6.07) is 14.4. The second-order valence-corrected chi connectivity index (χ2v) is 10.0. The lowest BCUT2D eigenvalue weighted by atomic mass is 9.99. The van der Waals surface area contributed by atoms with Crippen LogP contribution in [-0.4, -0.2) is 38.0 Å². The zero-order chi connectivity index (χ0) is 20.1. The lowest BCUT2D eigenvalue weighted by Gasteiger charge is -2.31. The van der Waals surface area contributed by atoms with E-state index in [4.69, 9.17) is 11.6 Å². The van der Waals surface area contributed by atoms with Crippen LogP contribution in [0.1, 0.15) is 18.4 Å². The second kappa shape index (κ2) is 9.31. The Morgan fingerprint density at radius 3 is 2.64 bits per heavy atom. The number of nitrogens with one attached hydrogen (secondary N) is 1. The molecule has 28 heavy (non-hydrogen) atoms. The monoisotopic (exact) mass is 438 g/mol. The molecule has 5 nitrogen and oxygen atoms in total. The topological polar surface area (TPSA) is 66.5 Å². The SMILES string of the molecule is CSc1ccccc1NC(=O)C1CCCN(S(=O)(=O)Cc2ccc(Cl)cc2)C1. The normalized spacial score (nSPS) is 18.0. The van der Waals surface area contributed by atoms with Crippen molar-refractivity contribution in [2.24, 2.45) is 5.92 Å². The predicted molar refractivity (Wildman–Crippen MR) is 115 cm³/mol. The highest BCUT2D eigenvalue weighted by atomic mass is 35.5. The van der Waals surface area contributed by atoms with Gasteiger partial charge in [-0.25, -0.2) is 12.7 Å². The number of thioether (sulfide) groups is 1. The maximum Gasteiger partial charge on any atom is 0.228 e. The molecular weight excluding hydrogens is 416 g/mol. The minimum atomic E-state index is -3.50. The van der Waals surface area contributed by atoms with Gasteiger partial charge in [0.25, 0.3) is 0 Å². The largest absolute Gasteiger partial charge is 0.325 e. The second-order valence-electron chi connectivity index (χ2n) is 6.77. The van der Waals surface area contributed by atoms with Gasteiger partial charge < -0.3 is 5.32 Å². The molecule has 2 aromatic carbocycles. The number of carbonyl (C=O) groups excluding carboxylic acids is 1. The molecule has 0 aliphatic carbocycles. The van der Waals surface area contributed by atoms with E-state index in [1.165, 1.54) is 4.31 Å². The fourth-order valence-corrected chi connectivity index (χ4v) is 5.56. The summed E-state index contributed by atoms with van der Waals surface area (Å²) in [5.74, 6) is -0.579. The molecule has 1 amide bonds. The third-order valence-corrected chi connectivity index (χ3v) is 7.64. The Kier molecular flexibility index (Phi) is 7.04. The van der Waals surface area contributed by atoms with Gasteiger partial charge in [-0.3, -0.25) is 4.79 Å². The molecule has 1 aliphatic rings. The van der Waals surface area contributed by atoms with Crippen molar-refractivity contribution in [3.05, 3.63) is 59.1 Å². The zero-order valence-electron chi connectivity index (χ0n) is 15.6. The lowest BCUT2D eigenvalue weighted by Crippen LogP contribution is -2.44. The van der Waals surface area contributed by atoms with E-state index in [-0.39, 0.29) is 24.1 Å². The van der Waals surface area contributed by atoms with Gasteiger partial charge in [0.05, 0.1) is 17.4 Å². The van der Waals surface area contributed by atoms with Gasteiger partial charge in [-0.2, -0.15) is 0 Å². The first-order valence-electron chi connectivity index (χ1n) is 9.05. The molecule has 1 fully saturated rings. The number of nitrogens with zero attached hydrogens (tertiary/aromatic N) is 1. The van der Waals surface area contributed by atoms with Crippen LogP contribution in [0.4, 0.5) is 5.69 Å². The van der Waals surface area contributed by atoms with E-state index in [2.05, 4.69) is 5.32 Å². The number of anilines is 1. The minimum Gasteiger partial charge on any atom is -0.325 e. The van der Waals surface area contributed by atoms with Gasteiger partial charge in [0.15, 0.2) is 0 Å². The molecular formula is C20H23ClN2O3S2. The minimum absolute atomic E-state index is 0.0895. The highest BCUT2D eigenvalue weighted by molar-refractivity contribution is 7.98. The molecule has 1 saturated heterocycles. The summed E-state index contributed by atoms with van der Waals surface area (Å²) in [4.78, 5) is 13.7. The molecule has 1 N–H and O–H groups in total. The number of hydrogen-bond acceptors (Lipinski definition) is 4. The Hall–Kier alpha value is -1.54. The number of sulfonamides is 1. The number of rotatable bonds is 6. The Morgan fingerprint density at radius 1 is 1.21 bits per heavy atom. The number of hydrogen-bond donors (Lipinski definition) is 1. The quantitative estimate of drug-likeness (QED) is 0.685. The molecule has 8 heteroatoms. The first kappa shape index (κ1) is 21.2. The standard InChI is InChI=1S/C20H23ClN2O3S2/c1-27-19-7-3-2-6-18(19)22-20(24)16-5-4-12-23(13-16)28(25,26)14-15-8-10-17(21)11-9-15/h2-3,6-11,16H,4-5,12-14H2,1H3,(H,22,24). The Bertz CT molecular complexity index is 933. The maximum absolute atomic E-state index is 12.8. The van der Waals surface area contributed by atoms with Crippen molar-refractivity contribution >= 4 is 45.0 Å². The van der Waals surface area contributed by atoms with Gasteiger partial charge in [0.1, 0.15) is 0 Å². The summed E-state index contributed by atoms with van der Waals surface area (Å²) in [6.45, 7) is 0.657. The van der Waals surface area contributed by atoms with Gasteiger partial charge in [-0.1, -0.05) is 35.9 Å². The number of halogens is 1. The maximum atomic E-state index is 12.8. The van der Waals surface area contributed by atoms with Crippen LogP contribution >= 0.6 is 23.4 Å². The molecule has 1 aliphatic heterocycles. The molecule has 0 saturated carbocycles. The number of amides is 1. The van der Waals surface area contributed by atoms with Gasteiger partial charge in [0.2, 0.25) is 15.9 Å². The molecule has 1 atom stereocenters. The van der Waals surface area contributed by atoms with E-state index in [1.54, 1.807) is 36.0 Å². The van der Waals surface area contributed by atoms with Crippen molar-refractivity contribution < 1.29 is 13.2 Å². The predicted octanol–water partition coefficient (Wildman–Crippen LogP) is 4.24. The van der Waals surface area contributed by atoms with E-state index >= 15 is 0 Å². The highest BCUT2D eigenvalue weighted by Gasteiger charge is 2.32. The van der Waals surface area contributed by atoms with Crippen LogP contribution in [0.2, 0.25) is 5.02 Å². The van der Waals surface area contributed by atoms with Crippen molar-refractivity contribution in [3.63, 3.8) is 0 Å². The fourth-order valence-electron chi connectivity index (χ4n) is 3.27. The third kappa shape index (κ3) is 5.29. The number of carbonyl (C=O) groups is 1. The molecule has 0 radical (unpaired) electrons. The zero-order valence-corrected chi connectivity index (χ0v) is 18.0. The molecule has 2 aromatic rings. The van der Waals surface area contributed by atoms with Crippen molar-refractivity contribution in [1.29, 1.82) is 0 Å². The van der Waals surface area contributed by atoms with Crippen LogP contribution in [0.3, 0.4) is 0 Å². The molecule has 3 rings (SSSR count). The molecule has 1 unspecified atom stereocenters. The lowest BCUT2D eigenvalue weighted by molar-refractivity contribution is -0.120. The van der Waals surface area contributed by atoms with E-state index in [0.29, 0.717) is 30.0 Å². The average Bonchev–Trinajstić information content (AvgIpc) is 2.70. The summed E-state index contributed by atoms with van der Waals surface area (Å²) in [6.07, 6.45) is 3.30. The van der Waals surface area contributed by atoms with E-state index in [9.17, 15) is 13.2 Å². The molecule has 0 spiro atoms. The van der Waals surface area contributed by atoms with Gasteiger partial charge in [-0.05, 0) is 48.9 Å². The number of piperidine rings is 1. The summed E-state index contributed by atoms with van der Waals surface area (Å²) < 4.78 is 27.1. The summed E-state index contributed by atoms with van der Waals surface area (Å²) in [7, 11) is -3.50. The summed E-state index contributed by atoms with van der Waals surface area (Å²) >= 11 is 7.43. The van der Waals surface area contributed by atoms with Gasteiger partial charge in [-0.15, -0.1) is 11.8 Å². The van der Waals surface area contributed by atoms with Crippen LogP contribution in [0.5, 0.6) is 0 Å². The van der Waals surface area contributed by atoms with Crippen LogP contribution in [0.15, 0.2) is 53.4 Å². The average molecular weight is 439 g/mol. The van der Waals surface area contributed by atoms with Crippen LogP contribution in [0.25, 0.3) is 0 Å². The fraction of sp³-hybridized carbons (Fsp3) is 0.350. The number of benzene rings is 2. The van der Waals surface area contributed by atoms with Gasteiger partial charge >= 0.3 is 0 Å². The van der Waals surface area contributed by atoms with Crippen molar-refractivity contribution in [3.8, 4) is 0 Å². The van der Waals surface area contributed by atoms with E-state index in [0.717, 1.165) is 10.6 Å². The molecule has 1 heterocycles. The molecule has 150 valence electrons.